The average Bonchev–Trinajstić information content (AvgIpc) is 2.79. The van der Waals surface area contributed by atoms with Gasteiger partial charge in [0, 0.05) is 13.0 Å². The van der Waals surface area contributed by atoms with Crippen molar-refractivity contribution in [3.05, 3.63) is 39.7 Å². The molecule has 0 saturated carbocycles. The topological polar surface area (TPSA) is 73.6 Å². The second-order valence-corrected chi connectivity index (χ2v) is 5.96. The molecule has 6 nitrogen and oxygen atoms in total. The second kappa shape index (κ2) is 7.13. The largest absolute Gasteiger partial charge is 0.489 e. The van der Waals surface area contributed by atoms with E-state index in [9.17, 15) is 4.79 Å². The first-order chi connectivity index (χ1) is 11.6. The summed E-state index contributed by atoms with van der Waals surface area (Å²) in [6, 6.07) is 3.62. The normalized spacial score (nSPS) is 13.5. The Morgan fingerprint density at radius 1 is 1.33 bits per heavy atom. The van der Waals surface area contributed by atoms with Crippen LogP contribution < -0.4 is 14.8 Å². The van der Waals surface area contributed by atoms with E-state index in [4.69, 9.17) is 25.6 Å². The first-order valence-corrected chi connectivity index (χ1v) is 8.29. The number of carbonyl (C=O) groups excluding carboxylic acids is 1. The van der Waals surface area contributed by atoms with E-state index in [-0.39, 0.29) is 5.91 Å². The fourth-order valence-electron chi connectivity index (χ4n) is 2.61. The Morgan fingerprint density at radius 2 is 2.12 bits per heavy atom. The Bertz CT molecular complexity index is 757. The highest BCUT2D eigenvalue weighted by Crippen LogP contribution is 2.37. The molecule has 1 aliphatic rings. The lowest BCUT2D eigenvalue weighted by Crippen LogP contribution is -2.24. The van der Waals surface area contributed by atoms with Crippen LogP contribution in [0.1, 0.15) is 40.7 Å². The summed E-state index contributed by atoms with van der Waals surface area (Å²) in [6.45, 7) is 5.14. The molecule has 1 aromatic heterocycles. The van der Waals surface area contributed by atoms with E-state index in [0.717, 1.165) is 12.0 Å². The van der Waals surface area contributed by atoms with Gasteiger partial charge < -0.3 is 19.3 Å². The molecule has 0 fully saturated rings. The van der Waals surface area contributed by atoms with Gasteiger partial charge >= 0.3 is 0 Å². The summed E-state index contributed by atoms with van der Waals surface area (Å²) in [5.74, 6) is 1.47. The van der Waals surface area contributed by atoms with E-state index >= 15 is 0 Å². The predicted octanol–water partition coefficient (Wildman–Crippen LogP) is 3.29. The summed E-state index contributed by atoms with van der Waals surface area (Å²) in [5.41, 5.74) is 1.99. The number of amides is 1. The summed E-state index contributed by atoms with van der Waals surface area (Å²) in [7, 11) is 0. The number of hydrogen-bond acceptors (Lipinski definition) is 5. The van der Waals surface area contributed by atoms with Gasteiger partial charge in [-0.1, -0.05) is 23.7 Å². The molecule has 128 valence electrons. The van der Waals surface area contributed by atoms with Crippen LogP contribution in [0.4, 0.5) is 0 Å². The molecule has 2 aromatic rings. The van der Waals surface area contributed by atoms with Crippen molar-refractivity contribution in [1.82, 2.24) is 10.5 Å². The van der Waals surface area contributed by atoms with Crippen molar-refractivity contribution in [2.45, 2.75) is 33.2 Å². The molecule has 0 saturated heterocycles. The molecule has 0 spiro atoms. The molecule has 7 heteroatoms. The van der Waals surface area contributed by atoms with Crippen molar-refractivity contribution >= 4 is 17.5 Å². The molecule has 0 bridgehead atoms. The summed E-state index contributed by atoms with van der Waals surface area (Å²) in [6.07, 6.45) is 1.44. The van der Waals surface area contributed by atoms with E-state index in [1.807, 2.05) is 13.0 Å². The van der Waals surface area contributed by atoms with Crippen LogP contribution >= 0.6 is 11.6 Å². The summed E-state index contributed by atoms with van der Waals surface area (Å²) >= 11 is 6.26. The van der Waals surface area contributed by atoms with Crippen molar-refractivity contribution in [3.8, 4) is 11.5 Å². The van der Waals surface area contributed by atoms with Crippen LogP contribution in [0.2, 0.25) is 5.02 Å². The number of hydrogen-bond donors (Lipinski definition) is 1. The van der Waals surface area contributed by atoms with E-state index < -0.39 is 0 Å². The lowest BCUT2D eigenvalue weighted by molar-refractivity contribution is 0.0948. The van der Waals surface area contributed by atoms with Gasteiger partial charge in [0.25, 0.3) is 5.91 Å². The number of nitrogens with one attached hydrogen (secondary N) is 1. The number of carbonyl (C=O) groups is 1. The molecule has 0 unspecified atom stereocenters. The summed E-state index contributed by atoms with van der Waals surface area (Å²) in [5, 5.41) is 7.25. The van der Waals surface area contributed by atoms with Crippen molar-refractivity contribution in [3.63, 3.8) is 0 Å². The first kappa shape index (κ1) is 16.6. The lowest BCUT2D eigenvalue weighted by Gasteiger charge is -2.12. The minimum atomic E-state index is -0.214. The number of aromatic nitrogens is 1. The number of halogens is 1. The molecule has 1 amide bonds. The maximum atomic E-state index is 12.4. The maximum absolute atomic E-state index is 12.4. The molecule has 0 aliphatic carbocycles. The Hall–Kier alpha value is -2.21. The van der Waals surface area contributed by atoms with Gasteiger partial charge in [-0.2, -0.15) is 0 Å². The molecule has 3 rings (SSSR count). The van der Waals surface area contributed by atoms with Crippen LogP contribution in [-0.4, -0.2) is 24.3 Å². The first-order valence-electron chi connectivity index (χ1n) is 7.91. The monoisotopic (exact) mass is 350 g/mol. The van der Waals surface area contributed by atoms with E-state index in [2.05, 4.69) is 10.5 Å². The molecular weight excluding hydrogens is 332 g/mol. The fourth-order valence-corrected chi connectivity index (χ4v) is 2.90. The Morgan fingerprint density at radius 3 is 2.92 bits per heavy atom. The summed E-state index contributed by atoms with van der Waals surface area (Å²) < 4.78 is 16.4. The van der Waals surface area contributed by atoms with Gasteiger partial charge in [0.2, 0.25) is 0 Å². The third-order valence-corrected chi connectivity index (χ3v) is 4.09. The number of ether oxygens (including phenoxy) is 2. The number of rotatable bonds is 4. The van der Waals surface area contributed by atoms with Gasteiger partial charge in [-0.15, -0.1) is 0 Å². The zero-order valence-electron chi connectivity index (χ0n) is 13.6. The zero-order chi connectivity index (χ0) is 17.1. The lowest BCUT2D eigenvalue weighted by atomic mass is 10.1. The Labute approximate surface area is 145 Å². The third kappa shape index (κ3) is 3.33. The predicted molar refractivity (Wildman–Crippen MR) is 88.8 cm³/mol. The van der Waals surface area contributed by atoms with Crippen LogP contribution in [-0.2, 0) is 13.0 Å². The highest BCUT2D eigenvalue weighted by Gasteiger charge is 2.20. The molecule has 2 heterocycles. The van der Waals surface area contributed by atoms with Crippen molar-refractivity contribution in [2.24, 2.45) is 0 Å². The molecule has 0 atom stereocenters. The van der Waals surface area contributed by atoms with Gasteiger partial charge in [-0.05, 0) is 31.0 Å². The Balaban J connectivity index is 1.75. The number of fused-ring (bicyclic) bond motifs is 1. The maximum Gasteiger partial charge on any atom is 0.257 e. The minimum Gasteiger partial charge on any atom is -0.489 e. The molecule has 1 aliphatic heterocycles. The smallest absolute Gasteiger partial charge is 0.257 e. The van der Waals surface area contributed by atoms with Crippen LogP contribution in [0.25, 0.3) is 0 Å². The van der Waals surface area contributed by atoms with E-state index in [1.54, 1.807) is 13.0 Å². The molecule has 24 heavy (non-hydrogen) atoms. The second-order valence-electron chi connectivity index (χ2n) is 5.55. The average molecular weight is 351 g/mol. The Kier molecular flexibility index (Phi) is 4.94. The van der Waals surface area contributed by atoms with Crippen molar-refractivity contribution < 1.29 is 18.8 Å². The number of nitrogens with zero attached hydrogens (tertiary/aromatic N) is 1. The summed E-state index contributed by atoms with van der Waals surface area (Å²) in [4.78, 5) is 12.4. The van der Waals surface area contributed by atoms with E-state index in [1.165, 1.54) is 0 Å². The van der Waals surface area contributed by atoms with Gasteiger partial charge in [0.1, 0.15) is 11.3 Å². The number of aryl methyl sites for hydroxylation is 2. The minimum absolute atomic E-state index is 0.214. The fraction of sp³-hybridized carbons (Fsp3) is 0.412. The SMILES string of the molecule is CCc1noc(C)c1C(=O)NCc1cc(Cl)c2c(c1)OCCCO2. The standard InChI is InChI=1S/C17H19ClN2O4/c1-3-13-15(10(2)24-20-13)17(21)19-9-11-7-12(18)16-14(8-11)22-5-4-6-23-16/h7-8H,3-6,9H2,1-2H3,(H,19,21). The number of benzene rings is 1. The van der Waals surface area contributed by atoms with Crippen molar-refractivity contribution in [1.29, 1.82) is 0 Å². The van der Waals surface area contributed by atoms with Gasteiger partial charge in [-0.25, -0.2) is 0 Å². The van der Waals surface area contributed by atoms with Gasteiger partial charge in [0.05, 0.1) is 23.9 Å². The zero-order valence-corrected chi connectivity index (χ0v) is 14.4. The highest BCUT2D eigenvalue weighted by molar-refractivity contribution is 6.32. The van der Waals surface area contributed by atoms with Crippen LogP contribution in [0, 0.1) is 6.92 Å². The molecule has 1 aromatic carbocycles. The van der Waals surface area contributed by atoms with Crippen LogP contribution in [0.3, 0.4) is 0 Å². The van der Waals surface area contributed by atoms with Crippen LogP contribution in [0.5, 0.6) is 11.5 Å². The van der Waals surface area contributed by atoms with Crippen molar-refractivity contribution in [2.75, 3.05) is 13.2 Å². The molecule has 1 N–H and O–H groups in total. The third-order valence-electron chi connectivity index (χ3n) is 3.81. The van der Waals surface area contributed by atoms with E-state index in [0.29, 0.717) is 59.7 Å². The quantitative estimate of drug-likeness (QED) is 0.915. The molecular formula is C17H19ClN2O4. The van der Waals surface area contributed by atoms with Gasteiger partial charge in [-0.3, -0.25) is 4.79 Å². The van der Waals surface area contributed by atoms with Crippen LogP contribution in [0.15, 0.2) is 16.7 Å². The highest BCUT2D eigenvalue weighted by atomic mass is 35.5. The van der Waals surface area contributed by atoms with Gasteiger partial charge in [0.15, 0.2) is 11.5 Å². The molecule has 0 radical (unpaired) electrons.